The van der Waals surface area contributed by atoms with Gasteiger partial charge in [-0.1, -0.05) is 24.3 Å². The van der Waals surface area contributed by atoms with Crippen molar-refractivity contribution >= 4 is 10.9 Å². The van der Waals surface area contributed by atoms with E-state index in [1.807, 2.05) is 12.1 Å². The van der Waals surface area contributed by atoms with Crippen LogP contribution < -0.4 is 5.32 Å². The van der Waals surface area contributed by atoms with E-state index in [0.717, 1.165) is 23.9 Å². The molecule has 2 rings (SSSR count). The summed E-state index contributed by atoms with van der Waals surface area (Å²) in [4.78, 5) is 4.39. The number of benzene rings is 1. The predicted octanol–water partition coefficient (Wildman–Crippen LogP) is 0.720. The summed E-state index contributed by atoms with van der Waals surface area (Å²) in [6, 6.07) is 10.1. The largest absolute Gasteiger partial charge is 0.394 e. The molecule has 0 spiro atoms. The molecule has 1 atom stereocenters. The van der Waals surface area contributed by atoms with E-state index in [4.69, 9.17) is 5.11 Å². The smallest absolute Gasteiger partial charge is 0.0894 e. The summed E-state index contributed by atoms with van der Waals surface area (Å²) >= 11 is 0. The maximum absolute atomic E-state index is 9.20. The predicted molar refractivity (Wildman–Crippen MR) is 71.4 cm³/mol. The van der Waals surface area contributed by atoms with Crippen molar-refractivity contribution in [1.82, 2.24) is 10.3 Å². The van der Waals surface area contributed by atoms with E-state index in [2.05, 4.69) is 28.5 Å². The average molecular weight is 246 g/mol. The summed E-state index contributed by atoms with van der Waals surface area (Å²) in [5.74, 6) is 0. The molecule has 0 amide bonds. The van der Waals surface area contributed by atoms with Crippen molar-refractivity contribution < 1.29 is 10.2 Å². The Kier molecular flexibility index (Phi) is 4.64. The summed E-state index contributed by atoms with van der Waals surface area (Å²) in [6.07, 6.45) is 1.97. The highest BCUT2D eigenvalue weighted by Crippen LogP contribution is 2.15. The molecule has 0 aliphatic carbocycles. The Hall–Kier alpha value is -1.49. The zero-order chi connectivity index (χ0) is 12.8. The quantitative estimate of drug-likeness (QED) is 0.657. The molecule has 3 N–H and O–H groups in total. The fraction of sp³-hybridized carbons (Fsp3) is 0.357. The lowest BCUT2D eigenvalue weighted by atomic mass is 10.1. The Balaban J connectivity index is 1.95. The first-order valence-corrected chi connectivity index (χ1v) is 6.13. The minimum atomic E-state index is -0.685. The second-order valence-electron chi connectivity index (χ2n) is 4.28. The topological polar surface area (TPSA) is 65.4 Å². The zero-order valence-corrected chi connectivity index (χ0v) is 10.2. The lowest BCUT2D eigenvalue weighted by Crippen LogP contribution is -2.30. The van der Waals surface area contributed by atoms with Gasteiger partial charge in [0.1, 0.15) is 0 Å². The molecule has 0 aliphatic rings. The lowest BCUT2D eigenvalue weighted by molar-refractivity contribution is 0.0947. The Morgan fingerprint density at radius 1 is 1.22 bits per heavy atom. The van der Waals surface area contributed by atoms with Crippen LogP contribution >= 0.6 is 0 Å². The van der Waals surface area contributed by atoms with Crippen molar-refractivity contribution in [3.05, 3.63) is 42.1 Å². The Labute approximate surface area is 106 Å². The van der Waals surface area contributed by atoms with Crippen LogP contribution in [0.25, 0.3) is 10.9 Å². The van der Waals surface area contributed by atoms with Gasteiger partial charge >= 0.3 is 0 Å². The maximum atomic E-state index is 9.20. The first-order valence-electron chi connectivity index (χ1n) is 6.13. The Morgan fingerprint density at radius 2 is 2.06 bits per heavy atom. The van der Waals surface area contributed by atoms with E-state index in [1.165, 1.54) is 5.56 Å². The number of hydrogen-bond acceptors (Lipinski definition) is 4. The number of para-hydroxylation sites is 1. The summed E-state index contributed by atoms with van der Waals surface area (Å²) in [6.45, 7) is 0.963. The second kappa shape index (κ2) is 6.44. The molecule has 4 heteroatoms. The van der Waals surface area contributed by atoms with Gasteiger partial charge in [0.05, 0.1) is 18.2 Å². The number of rotatable bonds is 6. The molecule has 0 unspecified atom stereocenters. The third kappa shape index (κ3) is 3.26. The minimum absolute atomic E-state index is 0.206. The van der Waals surface area contributed by atoms with Crippen molar-refractivity contribution in [2.24, 2.45) is 0 Å². The van der Waals surface area contributed by atoms with E-state index in [9.17, 15) is 5.11 Å². The molecule has 96 valence electrons. The number of pyridine rings is 1. The van der Waals surface area contributed by atoms with Crippen LogP contribution in [0.5, 0.6) is 0 Å². The van der Waals surface area contributed by atoms with Crippen LogP contribution in [0.4, 0.5) is 0 Å². The van der Waals surface area contributed by atoms with Gasteiger partial charge in [-0.15, -0.1) is 0 Å². The van der Waals surface area contributed by atoms with Crippen molar-refractivity contribution in [3.8, 4) is 0 Å². The number of aliphatic hydroxyl groups excluding tert-OH is 2. The first-order chi connectivity index (χ1) is 8.81. The molecule has 0 saturated heterocycles. The van der Waals surface area contributed by atoms with Gasteiger partial charge in [-0.25, -0.2) is 0 Å². The van der Waals surface area contributed by atoms with E-state index >= 15 is 0 Å². The molecular formula is C14H18N2O2. The second-order valence-corrected chi connectivity index (χ2v) is 4.28. The van der Waals surface area contributed by atoms with Gasteiger partial charge in [0.25, 0.3) is 0 Å². The van der Waals surface area contributed by atoms with E-state index in [0.29, 0.717) is 6.54 Å². The minimum Gasteiger partial charge on any atom is -0.394 e. The third-order valence-corrected chi connectivity index (χ3v) is 2.88. The number of aliphatic hydroxyl groups is 2. The molecular weight excluding hydrogens is 228 g/mol. The maximum Gasteiger partial charge on any atom is 0.0894 e. The van der Waals surface area contributed by atoms with Crippen LogP contribution in [-0.4, -0.2) is 41.0 Å². The van der Waals surface area contributed by atoms with Gasteiger partial charge in [0.2, 0.25) is 0 Å². The highest BCUT2D eigenvalue weighted by Gasteiger charge is 2.03. The standard InChI is InChI=1S/C14H18N2O2/c17-10-13(18)9-15-8-6-12-4-1-3-11-5-2-7-16-14(11)12/h1-5,7,13,15,17-18H,6,8-10H2/t13-/m0/s1. The van der Waals surface area contributed by atoms with Crippen LogP contribution in [0.3, 0.4) is 0 Å². The molecule has 0 fully saturated rings. The van der Waals surface area contributed by atoms with Crippen LogP contribution in [-0.2, 0) is 6.42 Å². The summed E-state index contributed by atoms with van der Waals surface area (Å²) in [5.41, 5.74) is 2.23. The van der Waals surface area contributed by atoms with Gasteiger partial charge in [-0.2, -0.15) is 0 Å². The zero-order valence-electron chi connectivity index (χ0n) is 10.2. The summed E-state index contributed by atoms with van der Waals surface area (Å²) in [7, 11) is 0. The number of nitrogens with one attached hydrogen (secondary N) is 1. The SMILES string of the molecule is OC[C@@H](O)CNCCc1cccc2cccnc12. The molecule has 0 saturated carbocycles. The number of hydrogen-bond donors (Lipinski definition) is 3. The highest BCUT2D eigenvalue weighted by molar-refractivity contribution is 5.81. The fourth-order valence-electron chi connectivity index (χ4n) is 1.93. The third-order valence-electron chi connectivity index (χ3n) is 2.88. The lowest BCUT2D eigenvalue weighted by Gasteiger charge is -2.09. The van der Waals surface area contributed by atoms with Crippen molar-refractivity contribution in [1.29, 1.82) is 0 Å². The van der Waals surface area contributed by atoms with Crippen molar-refractivity contribution in [2.45, 2.75) is 12.5 Å². The van der Waals surface area contributed by atoms with Gasteiger partial charge < -0.3 is 15.5 Å². The first kappa shape index (κ1) is 13.0. The van der Waals surface area contributed by atoms with Gasteiger partial charge in [0.15, 0.2) is 0 Å². The Morgan fingerprint density at radius 3 is 2.89 bits per heavy atom. The molecule has 4 nitrogen and oxygen atoms in total. The van der Waals surface area contributed by atoms with E-state index in [1.54, 1.807) is 6.20 Å². The molecule has 2 aromatic rings. The van der Waals surface area contributed by atoms with Crippen molar-refractivity contribution in [2.75, 3.05) is 19.7 Å². The van der Waals surface area contributed by atoms with Gasteiger partial charge in [-0.05, 0) is 24.6 Å². The van der Waals surface area contributed by atoms with Gasteiger partial charge in [0, 0.05) is 18.1 Å². The molecule has 1 heterocycles. The number of fused-ring (bicyclic) bond motifs is 1. The van der Waals surface area contributed by atoms with E-state index in [-0.39, 0.29) is 6.61 Å². The number of nitrogens with zero attached hydrogens (tertiary/aromatic N) is 1. The normalized spacial score (nSPS) is 12.8. The monoisotopic (exact) mass is 246 g/mol. The van der Waals surface area contributed by atoms with Gasteiger partial charge in [-0.3, -0.25) is 4.98 Å². The molecule has 1 aromatic carbocycles. The van der Waals surface area contributed by atoms with Crippen molar-refractivity contribution in [3.63, 3.8) is 0 Å². The highest BCUT2D eigenvalue weighted by atomic mass is 16.3. The van der Waals surface area contributed by atoms with Crippen LogP contribution in [0.2, 0.25) is 0 Å². The number of aromatic nitrogens is 1. The van der Waals surface area contributed by atoms with Crippen LogP contribution in [0.15, 0.2) is 36.5 Å². The molecule has 0 radical (unpaired) electrons. The van der Waals surface area contributed by atoms with Crippen LogP contribution in [0, 0.1) is 0 Å². The molecule has 0 aliphatic heterocycles. The summed E-state index contributed by atoms with van der Waals surface area (Å²) < 4.78 is 0. The molecule has 1 aromatic heterocycles. The van der Waals surface area contributed by atoms with E-state index < -0.39 is 6.10 Å². The Bertz CT molecular complexity index is 497. The summed E-state index contributed by atoms with van der Waals surface area (Å²) in [5, 5.41) is 22.1. The average Bonchev–Trinajstić information content (AvgIpc) is 2.43. The fourth-order valence-corrected chi connectivity index (χ4v) is 1.93. The molecule has 0 bridgehead atoms. The van der Waals surface area contributed by atoms with Crippen LogP contribution in [0.1, 0.15) is 5.56 Å². The molecule has 18 heavy (non-hydrogen) atoms.